The Hall–Kier alpha value is -2.60. The molecule has 6 heteroatoms. The first-order valence-electron chi connectivity index (χ1n) is 7.39. The second-order valence-corrected chi connectivity index (χ2v) is 7.14. The smallest absolute Gasteiger partial charge is 0.244 e. The van der Waals surface area contributed by atoms with Gasteiger partial charge in [0.2, 0.25) is 5.91 Å². The van der Waals surface area contributed by atoms with E-state index in [0.717, 1.165) is 11.8 Å². The van der Waals surface area contributed by atoms with Gasteiger partial charge in [0, 0.05) is 12.3 Å². The highest BCUT2D eigenvalue weighted by Crippen LogP contribution is 2.15. The van der Waals surface area contributed by atoms with Gasteiger partial charge >= 0.3 is 0 Å². The Labute approximate surface area is 141 Å². The molecule has 24 heavy (non-hydrogen) atoms. The van der Waals surface area contributed by atoms with E-state index in [-0.39, 0.29) is 10.8 Å². The molecule has 0 heterocycles. The molecule has 0 radical (unpaired) electrons. The van der Waals surface area contributed by atoms with E-state index in [9.17, 15) is 13.2 Å². The van der Waals surface area contributed by atoms with E-state index in [1.165, 1.54) is 18.2 Å². The molecule has 0 unspecified atom stereocenters. The van der Waals surface area contributed by atoms with E-state index in [1.807, 2.05) is 30.3 Å². The van der Waals surface area contributed by atoms with Crippen molar-refractivity contribution in [2.75, 3.05) is 19.4 Å². The fourth-order valence-corrected chi connectivity index (χ4v) is 2.55. The summed E-state index contributed by atoms with van der Waals surface area (Å²) in [5, 5.41) is 2.71. The summed E-state index contributed by atoms with van der Waals surface area (Å²) in [4.78, 5) is 11.9. The lowest BCUT2D eigenvalue weighted by atomic mass is 10.2. The van der Waals surface area contributed by atoms with Gasteiger partial charge in [-0.3, -0.25) is 4.79 Å². The highest BCUT2D eigenvalue weighted by molar-refractivity contribution is 7.90. The lowest BCUT2D eigenvalue weighted by Crippen LogP contribution is -2.26. The summed E-state index contributed by atoms with van der Waals surface area (Å²) in [5.41, 5.74) is 0.954. The Bertz CT molecular complexity index is 797. The zero-order chi connectivity index (χ0) is 17.4. The van der Waals surface area contributed by atoms with Gasteiger partial charge in [0.1, 0.15) is 12.4 Å². The minimum Gasteiger partial charge on any atom is -0.492 e. The van der Waals surface area contributed by atoms with E-state index in [0.29, 0.717) is 18.9 Å². The summed E-state index contributed by atoms with van der Waals surface area (Å²) >= 11 is 0. The third-order valence-corrected chi connectivity index (χ3v) is 4.28. The molecule has 2 aromatic carbocycles. The van der Waals surface area contributed by atoms with E-state index in [4.69, 9.17) is 4.74 Å². The third-order valence-electron chi connectivity index (χ3n) is 3.15. The van der Waals surface area contributed by atoms with E-state index in [1.54, 1.807) is 18.2 Å². The Morgan fingerprint density at radius 1 is 1.08 bits per heavy atom. The number of amides is 1. The molecule has 1 amide bonds. The molecule has 2 aromatic rings. The number of nitrogens with one attached hydrogen (secondary N) is 1. The van der Waals surface area contributed by atoms with Crippen molar-refractivity contribution >= 4 is 21.8 Å². The minimum absolute atomic E-state index is 0.199. The highest BCUT2D eigenvalue weighted by Gasteiger charge is 2.06. The van der Waals surface area contributed by atoms with Crippen molar-refractivity contribution in [1.82, 2.24) is 5.32 Å². The fourth-order valence-electron chi connectivity index (χ4n) is 1.92. The van der Waals surface area contributed by atoms with Crippen molar-refractivity contribution in [3.8, 4) is 5.75 Å². The summed E-state index contributed by atoms with van der Waals surface area (Å²) in [6.45, 7) is 0.648. The molecule has 5 nitrogen and oxygen atoms in total. The number of hydrogen-bond acceptors (Lipinski definition) is 4. The lowest BCUT2D eigenvalue weighted by Gasteiger charge is -2.07. The van der Waals surface area contributed by atoms with Crippen molar-refractivity contribution in [2.45, 2.75) is 4.90 Å². The molecule has 0 aliphatic carbocycles. The molecule has 0 bridgehead atoms. The van der Waals surface area contributed by atoms with Gasteiger partial charge in [0.15, 0.2) is 9.84 Å². The molecule has 0 saturated heterocycles. The molecule has 0 spiro atoms. The quantitative estimate of drug-likeness (QED) is 0.617. The van der Waals surface area contributed by atoms with Crippen LogP contribution in [-0.4, -0.2) is 33.7 Å². The molecule has 2 rings (SSSR count). The van der Waals surface area contributed by atoms with E-state index in [2.05, 4.69) is 5.32 Å². The number of benzene rings is 2. The van der Waals surface area contributed by atoms with Gasteiger partial charge in [-0.05, 0) is 35.9 Å². The van der Waals surface area contributed by atoms with E-state index < -0.39 is 9.84 Å². The topological polar surface area (TPSA) is 72.5 Å². The van der Waals surface area contributed by atoms with Crippen molar-refractivity contribution in [3.05, 3.63) is 66.2 Å². The normalized spacial score (nSPS) is 11.4. The zero-order valence-corrected chi connectivity index (χ0v) is 14.1. The van der Waals surface area contributed by atoms with Crippen LogP contribution in [-0.2, 0) is 14.6 Å². The van der Waals surface area contributed by atoms with Crippen LogP contribution in [0.2, 0.25) is 0 Å². The fraction of sp³-hybridized carbons (Fsp3) is 0.167. The Morgan fingerprint density at radius 3 is 2.38 bits per heavy atom. The van der Waals surface area contributed by atoms with Crippen LogP contribution in [0.1, 0.15) is 5.56 Å². The number of sulfone groups is 1. The van der Waals surface area contributed by atoms with Crippen LogP contribution in [0, 0.1) is 0 Å². The minimum atomic E-state index is -3.21. The van der Waals surface area contributed by atoms with Crippen LogP contribution in [0.3, 0.4) is 0 Å². The van der Waals surface area contributed by atoms with Crippen molar-refractivity contribution in [2.24, 2.45) is 0 Å². The molecule has 0 saturated carbocycles. The number of carbonyl (C=O) groups excluding carboxylic acids is 1. The second-order valence-electron chi connectivity index (χ2n) is 5.13. The van der Waals surface area contributed by atoms with Crippen LogP contribution >= 0.6 is 0 Å². The SMILES string of the molecule is CS(=O)(=O)c1ccc(OCCNC(=O)C=Cc2ccccc2)cc1. The van der Waals surface area contributed by atoms with Crippen LogP contribution < -0.4 is 10.1 Å². The largest absolute Gasteiger partial charge is 0.492 e. The average Bonchev–Trinajstić information content (AvgIpc) is 2.57. The van der Waals surface area contributed by atoms with Gasteiger partial charge in [-0.1, -0.05) is 30.3 Å². The second kappa shape index (κ2) is 8.31. The predicted molar refractivity (Wildman–Crippen MR) is 93.5 cm³/mol. The van der Waals surface area contributed by atoms with Crippen LogP contribution in [0.4, 0.5) is 0 Å². The number of rotatable bonds is 7. The molecule has 0 aromatic heterocycles. The predicted octanol–water partition coefficient (Wildman–Crippen LogP) is 2.30. The average molecular weight is 345 g/mol. The summed E-state index contributed by atoms with van der Waals surface area (Å²) in [5.74, 6) is 0.353. The monoisotopic (exact) mass is 345 g/mol. The molecule has 0 fully saturated rings. The van der Waals surface area contributed by atoms with Gasteiger partial charge in [0.05, 0.1) is 11.4 Å². The Kier molecular flexibility index (Phi) is 6.14. The molecule has 1 N–H and O–H groups in total. The lowest BCUT2D eigenvalue weighted by molar-refractivity contribution is -0.116. The molecule has 0 aliphatic rings. The summed E-state index contributed by atoms with van der Waals surface area (Å²) in [6.07, 6.45) is 4.36. The van der Waals surface area contributed by atoms with Gasteiger partial charge in [-0.25, -0.2) is 8.42 Å². The Balaban J connectivity index is 1.73. The first-order valence-corrected chi connectivity index (χ1v) is 9.28. The van der Waals surface area contributed by atoms with Crippen LogP contribution in [0.5, 0.6) is 5.75 Å². The first-order chi connectivity index (χ1) is 11.4. The standard InChI is InChI=1S/C18H19NO4S/c1-24(21,22)17-10-8-16(9-11-17)23-14-13-19-18(20)12-7-15-5-3-2-4-6-15/h2-12H,13-14H2,1H3,(H,19,20). The van der Waals surface area contributed by atoms with Crippen molar-refractivity contribution in [3.63, 3.8) is 0 Å². The van der Waals surface area contributed by atoms with Gasteiger partial charge in [-0.2, -0.15) is 0 Å². The summed E-state index contributed by atoms with van der Waals surface area (Å²) in [7, 11) is -3.21. The molecule has 0 atom stereocenters. The Morgan fingerprint density at radius 2 is 1.75 bits per heavy atom. The third kappa shape index (κ3) is 5.89. The van der Waals surface area contributed by atoms with Crippen LogP contribution in [0.15, 0.2) is 65.6 Å². The number of ether oxygens (including phenoxy) is 1. The molecule has 126 valence electrons. The maximum atomic E-state index is 11.7. The van der Waals surface area contributed by atoms with Crippen LogP contribution in [0.25, 0.3) is 6.08 Å². The summed E-state index contributed by atoms with van der Waals surface area (Å²) in [6, 6.07) is 15.7. The van der Waals surface area contributed by atoms with Crippen molar-refractivity contribution in [1.29, 1.82) is 0 Å². The molecular formula is C18H19NO4S. The highest BCUT2D eigenvalue weighted by atomic mass is 32.2. The summed E-state index contributed by atoms with van der Waals surface area (Å²) < 4.78 is 28.2. The van der Waals surface area contributed by atoms with Gasteiger partial charge < -0.3 is 10.1 Å². The molecular weight excluding hydrogens is 326 g/mol. The zero-order valence-electron chi connectivity index (χ0n) is 13.3. The number of carbonyl (C=O) groups is 1. The maximum absolute atomic E-state index is 11.7. The first kappa shape index (κ1) is 17.7. The maximum Gasteiger partial charge on any atom is 0.244 e. The van der Waals surface area contributed by atoms with Crippen molar-refractivity contribution < 1.29 is 17.9 Å². The van der Waals surface area contributed by atoms with Gasteiger partial charge in [-0.15, -0.1) is 0 Å². The van der Waals surface area contributed by atoms with Gasteiger partial charge in [0.25, 0.3) is 0 Å². The number of hydrogen-bond donors (Lipinski definition) is 1. The molecule has 0 aliphatic heterocycles. The van der Waals surface area contributed by atoms with E-state index >= 15 is 0 Å².